The zero-order valence-corrected chi connectivity index (χ0v) is 30.4. The zero-order chi connectivity index (χ0) is 36.8. The summed E-state index contributed by atoms with van der Waals surface area (Å²) in [5, 5.41) is 8.23. The molecular formula is C53H33N3. The highest BCUT2D eigenvalue weighted by atomic mass is 15.2. The van der Waals surface area contributed by atoms with Crippen LogP contribution in [-0.4, -0.2) is 14.5 Å². The Hall–Kier alpha value is -7.36. The average Bonchev–Trinajstić information content (AvgIpc) is 3.77. The van der Waals surface area contributed by atoms with Crippen molar-refractivity contribution in [3.05, 3.63) is 222 Å². The predicted molar refractivity (Wildman–Crippen MR) is 232 cm³/mol. The second-order valence-corrected chi connectivity index (χ2v) is 14.9. The maximum absolute atomic E-state index is 5.39. The number of para-hydroxylation sites is 2. The number of rotatable bonds is 4. The largest absolute Gasteiger partial charge is 0.277 e. The van der Waals surface area contributed by atoms with Crippen LogP contribution < -0.4 is 0 Å². The summed E-state index contributed by atoms with van der Waals surface area (Å²) in [4.78, 5) is 10.7. The minimum absolute atomic E-state index is 0.476. The molecule has 56 heavy (non-hydrogen) atoms. The molecule has 11 aromatic rings. The second kappa shape index (κ2) is 11.8. The first-order chi connectivity index (χ1) is 27.8. The van der Waals surface area contributed by atoms with Crippen LogP contribution in [0.3, 0.4) is 0 Å². The third-order valence-corrected chi connectivity index (χ3v) is 12.1. The van der Waals surface area contributed by atoms with Gasteiger partial charge in [0.1, 0.15) is 0 Å². The summed E-state index contributed by atoms with van der Waals surface area (Å²) >= 11 is 0. The summed E-state index contributed by atoms with van der Waals surface area (Å²) in [6.07, 6.45) is 0. The maximum Gasteiger partial charge on any atom is 0.235 e. The first-order valence-electron chi connectivity index (χ1n) is 19.3. The maximum atomic E-state index is 5.39. The topological polar surface area (TPSA) is 30.7 Å². The molecule has 0 unspecified atom stereocenters. The monoisotopic (exact) mass is 711 g/mol. The molecule has 3 heteroatoms. The lowest BCUT2D eigenvalue weighted by molar-refractivity contribution is 0.769. The van der Waals surface area contributed by atoms with E-state index in [1.807, 2.05) is 0 Å². The van der Waals surface area contributed by atoms with Crippen molar-refractivity contribution in [3.8, 4) is 28.3 Å². The zero-order valence-electron chi connectivity index (χ0n) is 30.4. The fourth-order valence-corrected chi connectivity index (χ4v) is 9.72. The second-order valence-electron chi connectivity index (χ2n) is 14.9. The van der Waals surface area contributed by atoms with E-state index in [0.29, 0.717) is 5.95 Å². The summed E-state index contributed by atoms with van der Waals surface area (Å²) in [5.74, 6) is 0.665. The molecule has 1 aliphatic carbocycles. The quantitative estimate of drug-likeness (QED) is 0.170. The highest BCUT2D eigenvalue weighted by Crippen LogP contribution is 2.57. The van der Waals surface area contributed by atoms with Crippen LogP contribution in [0.4, 0.5) is 0 Å². The third-order valence-electron chi connectivity index (χ3n) is 12.1. The number of nitrogens with zero attached hydrogens (tertiary/aromatic N) is 3. The van der Waals surface area contributed by atoms with Gasteiger partial charge in [-0.2, -0.15) is 0 Å². The Morgan fingerprint density at radius 3 is 1.79 bits per heavy atom. The van der Waals surface area contributed by atoms with Gasteiger partial charge in [0.05, 0.1) is 27.7 Å². The number of hydrogen-bond acceptors (Lipinski definition) is 2. The molecule has 0 aliphatic heterocycles. The Morgan fingerprint density at radius 1 is 0.393 bits per heavy atom. The lowest BCUT2D eigenvalue weighted by Gasteiger charge is -2.34. The summed E-state index contributed by atoms with van der Waals surface area (Å²) in [7, 11) is 0. The summed E-state index contributed by atoms with van der Waals surface area (Å²) in [5.41, 5.74) is 12.4. The number of hydrogen-bond donors (Lipinski definition) is 0. The molecule has 0 amide bonds. The van der Waals surface area contributed by atoms with Gasteiger partial charge >= 0.3 is 0 Å². The van der Waals surface area contributed by atoms with Gasteiger partial charge in [-0.1, -0.05) is 176 Å². The van der Waals surface area contributed by atoms with Crippen LogP contribution in [0.1, 0.15) is 22.3 Å². The smallest absolute Gasteiger partial charge is 0.235 e. The molecule has 0 N–H and O–H groups in total. The van der Waals surface area contributed by atoms with Crippen LogP contribution >= 0.6 is 0 Å². The van der Waals surface area contributed by atoms with Crippen molar-refractivity contribution in [2.24, 2.45) is 0 Å². The summed E-state index contributed by atoms with van der Waals surface area (Å²) in [6.45, 7) is 0. The molecule has 12 rings (SSSR count). The van der Waals surface area contributed by atoms with Crippen LogP contribution in [-0.2, 0) is 5.41 Å². The Morgan fingerprint density at radius 2 is 1.00 bits per heavy atom. The van der Waals surface area contributed by atoms with Crippen molar-refractivity contribution >= 4 is 54.3 Å². The molecule has 0 fully saturated rings. The molecule has 0 saturated heterocycles. The summed E-state index contributed by atoms with van der Waals surface area (Å²) < 4.78 is 2.29. The molecule has 0 bridgehead atoms. The molecule has 0 atom stereocenters. The highest BCUT2D eigenvalue weighted by Gasteiger charge is 2.46. The SMILES string of the molecule is c1ccc(-c2nc(-n3c4ccccc4c4ccc5c6cc7c(cc6ccc5c43)-c3ccccc3C7(c3ccccc3)c3ccccc3)nc3ccccc23)cc1. The minimum atomic E-state index is -0.476. The first-order valence-corrected chi connectivity index (χ1v) is 19.3. The van der Waals surface area contributed by atoms with Crippen molar-refractivity contribution in [1.82, 2.24) is 14.5 Å². The van der Waals surface area contributed by atoms with Crippen LogP contribution in [0, 0.1) is 0 Å². The van der Waals surface area contributed by atoms with E-state index in [0.717, 1.165) is 33.2 Å². The van der Waals surface area contributed by atoms with E-state index in [9.17, 15) is 0 Å². The lowest BCUT2D eigenvalue weighted by Crippen LogP contribution is -2.28. The van der Waals surface area contributed by atoms with E-state index in [1.54, 1.807) is 0 Å². The van der Waals surface area contributed by atoms with Crippen molar-refractivity contribution in [1.29, 1.82) is 0 Å². The van der Waals surface area contributed by atoms with E-state index >= 15 is 0 Å². The van der Waals surface area contributed by atoms with Gasteiger partial charge in [0, 0.05) is 27.1 Å². The van der Waals surface area contributed by atoms with Crippen molar-refractivity contribution in [2.75, 3.05) is 0 Å². The van der Waals surface area contributed by atoms with E-state index in [4.69, 9.17) is 9.97 Å². The molecular weight excluding hydrogens is 679 g/mol. The molecule has 1 aliphatic rings. The van der Waals surface area contributed by atoms with Gasteiger partial charge in [0.2, 0.25) is 5.95 Å². The van der Waals surface area contributed by atoms with E-state index in [-0.39, 0.29) is 0 Å². The molecule has 2 heterocycles. The molecule has 0 spiro atoms. The van der Waals surface area contributed by atoms with E-state index in [1.165, 1.54) is 65.7 Å². The van der Waals surface area contributed by atoms with Gasteiger partial charge in [-0.05, 0) is 73.8 Å². The average molecular weight is 712 g/mol. The lowest BCUT2D eigenvalue weighted by atomic mass is 9.67. The van der Waals surface area contributed by atoms with Gasteiger partial charge in [-0.25, -0.2) is 9.97 Å². The highest BCUT2D eigenvalue weighted by molar-refractivity contribution is 6.23. The number of fused-ring (bicyclic) bond motifs is 11. The van der Waals surface area contributed by atoms with Gasteiger partial charge in [-0.15, -0.1) is 0 Å². The van der Waals surface area contributed by atoms with E-state index in [2.05, 4.69) is 205 Å². The Balaban J connectivity index is 1.19. The Labute approximate surface area is 323 Å². The number of aromatic nitrogens is 3. The summed E-state index contributed by atoms with van der Waals surface area (Å²) in [6, 6.07) is 72.7. The molecule has 9 aromatic carbocycles. The molecule has 260 valence electrons. The fraction of sp³-hybridized carbons (Fsp3) is 0.0189. The standard InChI is InChI=1S/C53H33N3/c1-4-16-34(17-5-1)50-43-24-11-14-26-48(43)54-52(55-50)56-49-27-15-12-23-40(49)42-31-30-38-41(51(42)56)29-28-35-32-45-39-22-10-13-25-46(39)53(47(45)33-44(35)38,36-18-6-2-7-19-36)37-20-8-3-9-21-37/h1-33H. The first kappa shape index (κ1) is 31.0. The molecule has 0 radical (unpaired) electrons. The van der Waals surface area contributed by atoms with Gasteiger partial charge in [0.25, 0.3) is 0 Å². The van der Waals surface area contributed by atoms with Gasteiger partial charge < -0.3 is 0 Å². The Bertz CT molecular complexity index is 3310. The van der Waals surface area contributed by atoms with Gasteiger partial charge in [0.15, 0.2) is 0 Å². The minimum Gasteiger partial charge on any atom is -0.277 e. The predicted octanol–water partition coefficient (Wildman–Crippen LogP) is 13.1. The van der Waals surface area contributed by atoms with Crippen molar-refractivity contribution < 1.29 is 0 Å². The number of benzene rings is 9. The fourth-order valence-electron chi connectivity index (χ4n) is 9.72. The van der Waals surface area contributed by atoms with Crippen molar-refractivity contribution in [2.45, 2.75) is 5.41 Å². The molecule has 0 saturated carbocycles. The van der Waals surface area contributed by atoms with Crippen molar-refractivity contribution in [3.63, 3.8) is 0 Å². The third kappa shape index (κ3) is 4.22. The van der Waals surface area contributed by atoms with Crippen LogP contribution in [0.15, 0.2) is 200 Å². The molecule has 3 nitrogen and oxygen atoms in total. The van der Waals surface area contributed by atoms with Crippen LogP contribution in [0.2, 0.25) is 0 Å². The molecule has 2 aromatic heterocycles. The van der Waals surface area contributed by atoms with Gasteiger partial charge in [-0.3, -0.25) is 4.57 Å². The van der Waals surface area contributed by atoms with E-state index < -0.39 is 5.41 Å². The van der Waals surface area contributed by atoms with Crippen LogP contribution in [0.25, 0.3) is 82.6 Å². The van der Waals surface area contributed by atoms with Crippen LogP contribution in [0.5, 0.6) is 0 Å². The Kier molecular flexibility index (Phi) is 6.55. The normalized spacial score (nSPS) is 13.1.